The molecule has 0 atom stereocenters. The second kappa shape index (κ2) is 14.1. The number of carbonyl (C=O) groups excluding carboxylic acids is 2. The molecule has 0 bridgehead atoms. The first kappa shape index (κ1) is 48.0. The summed E-state index contributed by atoms with van der Waals surface area (Å²) in [5, 5.41) is 2.77. The summed E-state index contributed by atoms with van der Waals surface area (Å²) in [7, 11) is 0. The molecule has 0 saturated heterocycles. The Morgan fingerprint density at radius 2 is 0.588 bits per heavy atom. The normalized spacial score (nSPS) is 15.6. The average Bonchev–Trinajstić information content (AvgIpc) is 2.88. The van der Waals surface area contributed by atoms with Gasteiger partial charge in [-0.25, -0.2) is 0 Å². The first-order valence-corrected chi connectivity index (χ1v) is 11.6. The molecule has 0 heterocycles. The fourth-order valence-electron chi connectivity index (χ4n) is 2.56. The van der Waals surface area contributed by atoms with Gasteiger partial charge in [0, 0.05) is 26.2 Å². The van der Waals surface area contributed by atoms with Crippen molar-refractivity contribution < 1.29 is 133 Å². The minimum atomic E-state index is -7.79. The molecule has 0 aliphatic rings. The molecule has 0 saturated carbocycles. The SMILES string of the molecule is O=C(NCCNCCNC(=O)C(F)(F)C(F)(F)C(F)(F)OC(F)(C(F)(F)F)C(F)(F)F)C(F)(F)C(F)(F)C(F)(F)OC(F)(C(F)(F)F)C(F)(F)F. The van der Waals surface area contributed by atoms with Gasteiger partial charge in [0.25, 0.3) is 11.8 Å². The van der Waals surface area contributed by atoms with Gasteiger partial charge in [0.1, 0.15) is 0 Å². The highest BCUT2D eigenvalue weighted by Crippen LogP contribution is 2.56. The van der Waals surface area contributed by atoms with Gasteiger partial charge in [-0.05, 0) is 0 Å². The van der Waals surface area contributed by atoms with E-state index in [9.17, 15) is 124 Å². The van der Waals surface area contributed by atoms with Crippen LogP contribution in [0.15, 0.2) is 0 Å². The first-order valence-electron chi connectivity index (χ1n) is 11.6. The number of alkyl halides is 26. The minimum absolute atomic E-state index is 0.572. The maximum atomic E-state index is 13.7. The molecule has 3 N–H and O–H groups in total. The van der Waals surface area contributed by atoms with Crippen LogP contribution in [0.2, 0.25) is 0 Å². The van der Waals surface area contributed by atoms with E-state index < -0.39 is 110 Å². The molecule has 0 spiro atoms. The standard InChI is InChI=1S/C18H11F26N3O4/c19-7(20,9(23,24)17(41,42)50-11(27,13(29,30)31)14(32,33)34)5(48)46-3-1-45-2-4-47-6(49)8(21,22)10(25,26)18(43,44)51-12(28,15(35,36)37)16(38,39)40/h45H,1-4H2,(H,46,48)(H,47,49). The zero-order chi connectivity index (χ0) is 41.5. The maximum absolute atomic E-state index is 13.7. The van der Waals surface area contributed by atoms with E-state index in [1.807, 2.05) is 0 Å². The molecular formula is C18H11F26N3O4. The molecule has 51 heavy (non-hydrogen) atoms. The average molecular weight is 827 g/mol. The second-order valence-corrected chi connectivity index (χ2v) is 8.98. The van der Waals surface area contributed by atoms with E-state index in [1.54, 1.807) is 5.32 Å². The smallest absolute Gasteiger partial charge is 0.349 e. The number of carbonyl (C=O) groups is 2. The Balaban J connectivity index is 5.43. The first-order chi connectivity index (χ1) is 22.0. The largest absolute Gasteiger partial charge is 0.458 e. The van der Waals surface area contributed by atoms with Gasteiger partial charge < -0.3 is 16.0 Å². The number of amides is 2. The molecule has 0 aliphatic heterocycles. The third-order valence-corrected chi connectivity index (χ3v) is 5.26. The number of hydrogen-bond donors (Lipinski definition) is 3. The van der Waals surface area contributed by atoms with Gasteiger partial charge >= 0.3 is 72.3 Å². The summed E-state index contributed by atoms with van der Waals surface area (Å²) in [6.45, 7) is -5.66. The van der Waals surface area contributed by atoms with Crippen LogP contribution in [0.4, 0.5) is 114 Å². The van der Waals surface area contributed by atoms with Crippen molar-refractivity contribution >= 4 is 11.8 Å². The number of rotatable bonds is 16. The maximum Gasteiger partial charge on any atom is 0.458 e. The van der Waals surface area contributed by atoms with Crippen molar-refractivity contribution in [2.75, 3.05) is 26.2 Å². The summed E-state index contributed by atoms with van der Waals surface area (Å²) in [6, 6.07) is 0. The summed E-state index contributed by atoms with van der Waals surface area (Å²) >= 11 is 0. The van der Waals surface area contributed by atoms with E-state index in [1.165, 1.54) is 9.47 Å². The molecule has 304 valence electrons. The lowest BCUT2D eigenvalue weighted by atomic mass is 10.1. The molecule has 0 aromatic rings. The van der Waals surface area contributed by atoms with E-state index in [-0.39, 0.29) is 0 Å². The monoisotopic (exact) mass is 827 g/mol. The van der Waals surface area contributed by atoms with Gasteiger partial charge in [-0.3, -0.25) is 19.1 Å². The van der Waals surface area contributed by atoms with Crippen molar-refractivity contribution in [3.63, 3.8) is 0 Å². The van der Waals surface area contributed by atoms with Gasteiger partial charge in [-0.15, -0.1) is 0 Å². The molecule has 7 nitrogen and oxygen atoms in total. The Morgan fingerprint density at radius 3 is 0.784 bits per heavy atom. The predicted molar refractivity (Wildman–Crippen MR) is 103 cm³/mol. The summed E-state index contributed by atoms with van der Waals surface area (Å²) < 4.78 is 340. The Kier molecular flexibility index (Phi) is 13.3. The molecule has 0 aromatic carbocycles. The Bertz CT molecular complexity index is 1100. The van der Waals surface area contributed by atoms with Crippen LogP contribution in [-0.4, -0.2) is 110 Å². The third kappa shape index (κ3) is 8.97. The lowest BCUT2D eigenvalue weighted by molar-refractivity contribution is -0.512. The van der Waals surface area contributed by atoms with Gasteiger partial charge in [0.2, 0.25) is 0 Å². The number of ether oxygens (including phenoxy) is 2. The van der Waals surface area contributed by atoms with Crippen LogP contribution in [0, 0.1) is 0 Å². The number of halogens is 26. The van der Waals surface area contributed by atoms with Crippen LogP contribution in [0.1, 0.15) is 0 Å². The molecule has 33 heteroatoms. The van der Waals surface area contributed by atoms with Crippen molar-refractivity contribution in [3.8, 4) is 0 Å². The Morgan fingerprint density at radius 1 is 0.373 bits per heavy atom. The van der Waals surface area contributed by atoms with Crippen molar-refractivity contribution in [1.29, 1.82) is 0 Å². The van der Waals surface area contributed by atoms with Crippen LogP contribution < -0.4 is 16.0 Å². The zero-order valence-electron chi connectivity index (χ0n) is 22.8. The Hall–Kier alpha value is -3.00. The third-order valence-electron chi connectivity index (χ3n) is 5.26. The highest BCUT2D eigenvalue weighted by Gasteiger charge is 2.85. The van der Waals surface area contributed by atoms with Crippen LogP contribution in [0.25, 0.3) is 0 Å². The molecule has 0 aliphatic carbocycles. The van der Waals surface area contributed by atoms with Gasteiger partial charge in [0.15, 0.2) is 0 Å². The highest BCUT2D eigenvalue weighted by atomic mass is 19.4. The van der Waals surface area contributed by atoms with Crippen LogP contribution >= 0.6 is 0 Å². The van der Waals surface area contributed by atoms with Crippen molar-refractivity contribution in [3.05, 3.63) is 0 Å². The van der Waals surface area contributed by atoms with E-state index >= 15 is 0 Å². The molecule has 0 aromatic heterocycles. The minimum Gasteiger partial charge on any atom is -0.349 e. The molecule has 2 amide bonds. The quantitative estimate of drug-likeness (QED) is 0.129. The van der Waals surface area contributed by atoms with Crippen molar-refractivity contribution in [1.82, 2.24) is 16.0 Å². The summed E-state index contributed by atoms with van der Waals surface area (Å²) in [4.78, 5) is 22.5. The molecule has 0 unspecified atom stereocenters. The zero-order valence-corrected chi connectivity index (χ0v) is 22.8. The molecule has 0 rings (SSSR count). The van der Waals surface area contributed by atoms with E-state index in [0.29, 0.717) is 10.6 Å². The summed E-state index contributed by atoms with van der Waals surface area (Å²) in [5.41, 5.74) is 0. The Labute approximate surface area is 260 Å². The van der Waals surface area contributed by atoms with Crippen LogP contribution in [-0.2, 0) is 19.1 Å². The topological polar surface area (TPSA) is 88.7 Å². The lowest BCUT2D eigenvalue weighted by Crippen LogP contribution is -2.67. The predicted octanol–water partition coefficient (Wildman–Crippen LogP) is 6.15. The van der Waals surface area contributed by atoms with Gasteiger partial charge in [-0.1, -0.05) is 0 Å². The van der Waals surface area contributed by atoms with Crippen LogP contribution in [0.5, 0.6) is 0 Å². The lowest BCUT2D eigenvalue weighted by Gasteiger charge is -2.37. The van der Waals surface area contributed by atoms with E-state index in [2.05, 4.69) is 0 Å². The second-order valence-electron chi connectivity index (χ2n) is 8.98. The van der Waals surface area contributed by atoms with Gasteiger partial charge in [0.05, 0.1) is 0 Å². The number of hydrogen-bond acceptors (Lipinski definition) is 5. The fraction of sp³-hybridized carbons (Fsp3) is 0.889. The summed E-state index contributed by atoms with van der Waals surface area (Å²) in [6.07, 6.45) is -46.2. The highest BCUT2D eigenvalue weighted by molar-refractivity contribution is 5.85. The van der Waals surface area contributed by atoms with Crippen molar-refractivity contribution in [2.45, 2.75) is 72.3 Å². The van der Waals surface area contributed by atoms with Gasteiger partial charge in [-0.2, -0.15) is 114 Å². The fourth-order valence-corrected chi connectivity index (χ4v) is 2.56. The number of nitrogens with one attached hydrogen (secondary N) is 3. The van der Waals surface area contributed by atoms with Crippen molar-refractivity contribution in [2.24, 2.45) is 0 Å². The summed E-state index contributed by atoms with van der Waals surface area (Å²) in [5.74, 6) is -52.4. The van der Waals surface area contributed by atoms with E-state index in [4.69, 9.17) is 0 Å². The van der Waals surface area contributed by atoms with Crippen LogP contribution in [0.3, 0.4) is 0 Å². The molecule has 0 radical (unpaired) electrons. The molecular weight excluding hydrogens is 816 g/mol. The van der Waals surface area contributed by atoms with E-state index in [0.717, 1.165) is 0 Å². The molecule has 0 fully saturated rings.